The van der Waals surface area contributed by atoms with E-state index in [2.05, 4.69) is 10.1 Å². The van der Waals surface area contributed by atoms with Crippen LogP contribution in [0.3, 0.4) is 0 Å². The molecule has 1 aliphatic heterocycles. The number of fused-ring (bicyclic) bond motifs is 1. The van der Waals surface area contributed by atoms with E-state index in [1.165, 1.54) is 23.0 Å². The Hall–Kier alpha value is -3.96. The third-order valence-corrected chi connectivity index (χ3v) is 7.34. The normalized spacial score (nSPS) is 15.2. The van der Waals surface area contributed by atoms with E-state index in [4.69, 9.17) is 5.73 Å². The second kappa shape index (κ2) is 10.7. The van der Waals surface area contributed by atoms with Gasteiger partial charge < -0.3 is 15.7 Å². The minimum absolute atomic E-state index is 0.0243. The topological polar surface area (TPSA) is 119 Å². The Morgan fingerprint density at radius 3 is 2.36 bits per heavy atom. The number of carbonyl (C=O) groups excluding carboxylic acids is 1. The molecular weight excluding hydrogens is 506 g/mol. The molecule has 39 heavy (non-hydrogen) atoms. The van der Waals surface area contributed by atoms with Crippen molar-refractivity contribution in [3.05, 3.63) is 81.9 Å². The molecule has 0 unspecified atom stereocenters. The molecule has 0 radical (unpaired) electrons. The van der Waals surface area contributed by atoms with Gasteiger partial charge in [-0.15, -0.1) is 0 Å². The fourth-order valence-electron chi connectivity index (χ4n) is 5.14. The minimum atomic E-state index is -1.20. The molecule has 1 aliphatic rings. The van der Waals surface area contributed by atoms with E-state index in [0.717, 1.165) is 17.2 Å². The average molecular weight is 537 g/mol. The lowest BCUT2D eigenvalue weighted by Gasteiger charge is -2.38. The van der Waals surface area contributed by atoms with Crippen LogP contribution in [0.5, 0.6) is 0 Å². The van der Waals surface area contributed by atoms with E-state index in [-0.39, 0.29) is 49.2 Å². The predicted octanol–water partition coefficient (Wildman–Crippen LogP) is 2.52. The number of likely N-dealkylation sites (tertiary alicyclic amines) is 1. The summed E-state index contributed by atoms with van der Waals surface area (Å²) < 4.78 is 29.8. The first-order valence-electron chi connectivity index (χ1n) is 12.8. The van der Waals surface area contributed by atoms with Crippen LogP contribution in [0.1, 0.15) is 30.4 Å². The molecule has 0 aliphatic carbocycles. The highest BCUT2D eigenvalue weighted by atomic mass is 19.1. The zero-order valence-electron chi connectivity index (χ0n) is 21.6. The molecule has 0 spiro atoms. The highest BCUT2D eigenvalue weighted by Crippen LogP contribution is 2.27. The molecule has 204 valence electrons. The van der Waals surface area contributed by atoms with Gasteiger partial charge >= 0.3 is 0 Å². The van der Waals surface area contributed by atoms with Crippen molar-refractivity contribution in [1.29, 1.82) is 0 Å². The Labute approximate surface area is 223 Å². The van der Waals surface area contributed by atoms with Crippen LogP contribution in [-0.4, -0.2) is 53.9 Å². The number of aromatic nitrogens is 4. The smallest absolute Gasteiger partial charge is 0.281 e. The molecule has 3 heterocycles. The van der Waals surface area contributed by atoms with Gasteiger partial charge in [0.2, 0.25) is 5.91 Å². The number of nitrogens with two attached hydrogens (primary N) is 1. The maximum atomic E-state index is 13.4. The van der Waals surface area contributed by atoms with Crippen molar-refractivity contribution in [1.82, 2.24) is 24.2 Å². The number of piperidine rings is 1. The van der Waals surface area contributed by atoms with E-state index in [0.29, 0.717) is 36.4 Å². The molecule has 1 amide bonds. The van der Waals surface area contributed by atoms with Gasteiger partial charge in [-0.05, 0) is 42.5 Å². The average Bonchev–Trinajstić information content (AvgIpc) is 3.25. The Kier molecular flexibility index (Phi) is 7.28. The van der Waals surface area contributed by atoms with E-state index >= 15 is 0 Å². The summed E-state index contributed by atoms with van der Waals surface area (Å²) in [4.78, 5) is 32.1. The molecule has 1 fully saturated rings. The molecule has 0 atom stereocenters. The lowest BCUT2D eigenvalue weighted by Crippen LogP contribution is -2.49. The van der Waals surface area contributed by atoms with Crippen LogP contribution in [0.2, 0.25) is 0 Å². The first-order valence-corrected chi connectivity index (χ1v) is 12.8. The number of hydrogen-bond donors (Lipinski definition) is 2. The van der Waals surface area contributed by atoms with Crippen LogP contribution in [0.15, 0.2) is 53.6 Å². The fraction of sp³-hybridized carbons (Fsp3) is 0.357. The third-order valence-electron chi connectivity index (χ3n) is 7.34. The van der Waals surface area contributed by atoms with Crippen molar-refractivity contribution >= 4 is 16.9 Å². The molecule has 1 saturated heterocycles. The molecule has 3 N–H and O–H groups in total. The molecule has 2 aromatic carbocycles. The lowest BCUT2D eigenvalue weighted by molar-refractivity contribution is -0.135. The summed E-state index contributed by atoms with van der Waals surface area (Å²) in [6.07, 6.45) is 2.31. The van der Waals surface area contributed by atoms with Crippen molar-refractivity contribution in [2.45, 2.75) is 44.4 Å². The van der Waals surface area contributed by atoms with Gasteiger partial charge in [0.15, 0.2) is 5.52 Å². The van der Waals surface area contributed by atoms with E-state index < -0.39 is 17.2 Å². The van der Waals surface area contributed by atoms with Crippen molar-refractivity contribution in [3.8, 4) is 11.3 Å². The van der Waals surface area contributed by atoms with Gasteiger partial charge in [0.05, 0.1) is 24.2 Å². The second-order valence-electron chi connectivity index (χ2n) is 10.1. The monoisotopic (exact) mass is 536 g/mol. The number of aliphatic hydroxyl groups is 1. The van der Waals surface area contributed by atoms with Crippen LogP contribution < -0.4 is 11.3 Å². The Morgan fingerprint density at radius 1 is 1.05 bits per heavy atom. The Bertz CT molecular complexity index is 1550. The van der Waals surface area contributed by atoms with Crippen LogP contribution in [0.25, 0.3) is 22.3 Å². The summed E-state index contributed by atoms with van der Waals surface area (Å²) in [5.41, 5.74) is 7.81. The number of carbonyl (C=O) groups is 1. The highest BCUT2D eigenvalue weighted by Gasteiger charge is 2.35. The Morgan fingerprint density at radius 2 is 1.72 bits per heavy atom. The van der Waals surface area contributed by atoms with Gasteiger partial charge in [0, 0.05) is 44.7 Å². The maximum absolute atomic E-state index is 13.4. The number of nitrogens with zero attached hydrogens (tertiary/aromatic N) is 5. The van der Waals surface area contributed by atoms with Gasteiger partial charge in [0.25, 0.3) is 5.56 Å². The quantitative estimate of drug-likeness (QED) is 0.375. The van der Waals surface area contributed by atoms with Gasteiger partial charge in [0.1, 0.15) is 17.2 Å². The number of aryl methyl sites for hydroxylation is 2. The Balaban J connectivity index is 1.25. The number of halogens is 2. The maximum Gasteiger partial charge on any atom is 0.281 e. The first-order chi connectivity index (χ1) is 18.7. The molecule has 11 heteroatoms. The fourth-order valence-corrected chi connectivity index (χ4v) is 5.14. The summed E-state index contributed by atoms with van der Waals surface area (Å²) in [5, 5.41) is 15.6. The van der Waals surface area contributed by atoms with Gasteiger partial charge in [-0.3, -0.25) is 18.8 Å². The zero-order chi connectivity index (χ0) is 27.7. The zero-order valence-corrected chi connectivity index (χ0v) is 21.6. The molecule has 9 nitrogen and oxygen atoms in total. The summed E-state index contributed by atoms with van der Waals surface area (Å²) in [6, 6.07) is 10.9. The highest BCUT2D eigenvalue weighted by molar-refractivity contribution is 5.89. The van der Waals surface area contributed by atoms with Crippen molar-refractivity contribution < 1.29 is 18.7 Å². The van der Waals surface area contributed by atoms with Gasteiger partial charge in [-0.1, -0.05) is 24.3 Å². The van der Waals surface area contributed by atoms with Gasteiger partial charge in [-0.2, -0.15) is 5.10 Å². The molecule has 5 rings (SSSR count). The molecule has 0 saturated carbocycles. The largest absolute Gasteiger partial charge is 0.388 e. The van der Waals surface area contributed by atoms with Crippen LogP contribution in [0.4, 0.5) is 8.78 Å². The van der Waals surface area contributed by atoms with E-state index in [1.807, 2.05) is 24.3 Å². The van der Waals surface area contributed by atoms with Crippen molar-refractivity contribution in [3.63, 3.8) is 0 Å². The number of rotatable bonds is 7. The SMILES string of the molecule is Cn1nc2c(=O)n(CC3(O)CCN(C(=O)CCc4cc(F)cc(F)c4)CC3)cnc2c1-c1ccc(CN)cc1. The second-order valence-corrected chi connectivity index (χ2v) is 10.1. The summed E-state index contributed by atoms with van der Waals surface area (Å²) in [5.74, 6) is -1.50. The van der Waals surface area contributed by atoms with E-state index in [9.17, 15) is 23.5 Å². The summed E-state index contributed by atoms with van der Waals surface area (Å²) >= 11 is 0. The molecule has 2 aromatic heterocycles. The lowest BCUT2D eigenvalue weighted by atomic mass is 9.91. The summed E-state index contributed by atoms with van der Waals surface area (Å²) in [6.45, 7) is 1.07. The number of amides is 1. The number of hydrogen-bond acceptors (Lipinski definition) is 6. The van der Waals surface area contributed by atoms with Crippen LogP contribution >= 0.6 is 0 Å². The third kappa shape index (κ3) is 5.59. The van der Waals surface area contributed by atoms with Crippen LogP contribution in [0, 0.1) is 11.6 Å². The van der Waals surface area contributed by atoms with Gasteiger partial charge in [-0.25, -0.2) is 13.8 Å². The molecule has 4 aromatic rings. The van der Waals surface area contributed by atoms with Crippen molar-refractivity contribution in [2.24, 2.45) is 12.8 Å². The van der Waals surface area contributed by atoms with E-state index in [1.54, 1.807) is 16.6 Å². The molecular formula is C28H30F2N6O3. The summed E-state index contributed by atoms with van der Waals surface area (Å²) in [7, 11) is 1.75. The number of benzene rings is 2. The predicted molar refractivity (Wildman–Crippen MR) is 142 cm³/mol. The van der Waals surface area contributed by atoms with Crippen LogP contribution in [-0.2, 0) is 31.4 Å². The van der Waals surface area contributed by atoms with Crippen molar-refractivity contribution in [2.75, 3.05) is 13.1 Å². The minimum Gasteiger partial charge on any atom is -0.388 e. The first kappa shape index (κ1) is 26.6. The molecule has 0 bridgehead atoms. The standard InChI is InChI=1S/C28H30F2N6O3/c1-34-26(20-5-2-18(15-31)3-6-20)24-25(33-34)27(38)36(17-32-24)16-28(39)8-10-35(11-9-28)23(37)7-4-19-12-21(29)14-22(30)13-19/h2-3,5-6,12-14,17,39H,4,7-11,15-16,31H2,1H3.